The van der Waals surface area contributed by atoms with Crippen molar-refractivity contribution in [3.63, 3.8) is 0 Å². The van der Waals surface area contributed by atoms with Gasteiger partial charge in [0.15, 0.2) is 11.6 Å². The minimum atomic E-state index is -1.24. The Kier molecular flexibility index (Phi) is 2.30. The Hall–Kier alpha value is -1.29. The summed E-state index contributed by atoms with van der Waals surface area (Å²) in [5, 5.41) is 0.0464. The second kappa shape index (κ2) is 3.60. The standard InChI is InChI=1S/C12H7ClF3N/c13-10-5-2-1-3-8(5)17-12-9(10)6(14)4-7(15)11(12)16/h4H,1-3H2. The van der Waals surface area contributed by atoms with Crippen molar-refractivity contribution in [2.45, 2.75) is 19.3 Å². The average Bonchev–Trinajstić information content (AvgIpc) is 2.74. The fourth-order valence-corrected chi connectivity index (χ4v) is 2.65. The molecule has 1 heterocycles. The topological polar surface area (TPSA) is 12.9 Å². The van der Waals surface area contributed by atoms with Crippen molar-refractivity contribution in [2.75, 3.05) is 0 Å². The number of benzene rings is 1. The largest absolute Gasteiger partial charge is 0.249 e. The molecule has 1 nitrogen and oxygen atoms in total. The number of aromatic nitrogens is 1. The molecule has 0 saturated heterocycles. The molecule has 2 aromatic rings. The quantitative estimate of drug-likeness (QED) is 0.654. The Bertz CT molecular complexity index is 640. The Balaban J connectivity index is 2.51. The van der Waals surface area contributed by atoms with Crippen molar-refractivity contribution in [2.24, 2.45) is 0 Å². The summed E-state index contributed by atoms with van der Waals surface area (Å²) < 4.78 is 40.3. The minimum absolute atomic E-state index is 0.119. The molecule has 1 aromatic heterocycles. The maximum Gasteiger partial charge on any atom is 0.185 e. The van der Waals surface area contributed by atoms with Crippen LogP contribution < -0.4 is 0 Å². The molecule has 17 heavy (non-hydrogen) atoms. The third-order valence-corrected chi connectivity index (χ3v) is 3.48. The molecule has 1 aromatic carbocycles. The highest BCUT2D eigenvalue weighted by Crippen LogP contribution is 2.36. The molecule has 0 bridgehead atoms. The van der Waals surface area contributed by atoms with E-state index in [1.54, 1.807) is 0 Å². The molecule has 88 valence electrons. The molecule has 0 atom stereocenters. The summed E-state index contributed by atoms with van der Waals surface area (Å²) in [6.07, 6.45) is 2.22. The van der Waals surface area contributed by atoms with Crippen molar-refractivity contribution < 1.29 is 13.2 Å². The molecule has 0 fully saturated rings. The van der Waals surface area contributed by atoms with Gasteiger partial charge in [0, 0.05) is 11.8 Å². The summed E-state index contributed by atoms with van der Waals surface area (Å²) in [4.78, 5) is 4.00. The van der Waals surface area contributed by atoms with Crippen molar-refractivity contribution in [3.05, 3.63) is 39.8 Å². The van der Waals surface area contributed by atoms with Gasteiger partial charge in [0.05, 0.1) is 10.4 Å². The van der Waals surface area contributed by atoms with Gasteiger partial charge >= 0.3 is 0 Å². The summed E-state index contributed by atoms with van der Waals surface area (Å²) in [6, 6.07) is 0.507. The van der Waals surface area contributed by atoms with Crippen LogP contribution in [0.15, 0.2) is 6.07 Å². The summed E-state index contributed by atoms with van der Waals surface area (Å²) >= 11 is 6.05. The molecule has 1 aliphatic rings. The van der Waals surface area contributed by atoms with Crippen LogP contribution in [0.4, 0.5) is 13.2 Å². The van der Waals surface area contributed by atoms with E-state index in [2.05, 4.69) is 4.98 Å². The second-order valence-electron chi connectivity index (χ2n) is 4.08. The van der Waals surface area contributed by atoms with E-state index in [1.165, 1.54) is 0 Å². The molecule has 0 unspecified atom stereocenters. The number of rotatable bonds is 0. The van der Waals surface area contributed by atoms with Crippen LogP contribution in [0.2, 0.25) is 5.02 Å². The van der Waals surface area contributed by atoms with Crippen molar-refractivity contribution in [1.82, 2.24) is 4.98 Å². The Labute approximate surface area is 100 Å². The van der Waals surface area contributed by atoms with Crippen LogP contribution in [-0.2, 0) is 12.8 Å². The Morgan fingerprint density at radius 2 is 1.88 bits per heavy atom. The SMILES string of the molecule is Fc1cc(F)c2c(Cl)c3c(nc2c1F)CCC3. The molecule has 0 spiro atoms. The van der Waals surface area contributed by atoms with Gasteiger partial charge in [-0.25, -0.2) is 18.2 Å². The third kappa shape index (κ3) is 1.43. The molecule has 0 radical (unpaired) electrons. The second-order valence-corrected chi connectivity index (χ2v) is 4.46. The molecule has 0 amide bonds. The summed E-state index contributed by atoms with van der Waals surface area (Å²) in [5.41, 5.74) is 1.09. The summed E-state index contributed by atoms with van der Waals surface area (Å²) in [5.74, 6) is -3.25. The first kappa shape index (κ1) is 10.8. The van der Waals surface area contributed by atoms with E-state index in [1.807, 2.05) is 0 Å². The highest BCUT2D eigenvalue weighted by atomic mass is 35.5. The van der Waals surface area contributed by atoms with Gasteiger partial charge < -0.3 is 0 Å². The molecule has 1 aliphatic carbocycles. The molecular formula is C12H7ClF3N. The van der Waals surface area contributed by atoms with E-state index in [9.17, 15) is 13.2 Å². The highest BCUT2D eigenvalue weighted by molar-refractivity contribution is 6.36. The van der Waals surface area contributed by atoms with Crippen LogP contribution >= 0.6 is 11.6 Å². The number of aryl methyl sites for hydroxylation is 1. The fourth-order valence-electron chi connectivity index (χ4n) is 2.27. The predicted octanol–water partition coefficient (Wildman–Crippen LogP) is 3.79. The van der Waals surface area contributed by atoms with Gasteiger partial charge in [0.2, 0.25) is 0 Å². The zero-order chi connectivity index (χ0) is 12.2. The van der Waals surface area contributed by atoms with Gasteiger partial charge in [-0.2, -0.15) is 0 Å². The number of nitrogens with zero attached hydrogens (tertiary/aromatic N) is 1. The number of halogens is 4. The van der Waals surface area contributed by atoms with Crippen LogP contribution in [0.25, 0.3) is 10.9 Å². The average molecular weight is 258 g/mol. The molecule has 0 N–H and O–H groups in total. The Morgan fingerprint density at radius 3 is 2.65 bits per heavy atom. The zero-order valence-electron chi connectivity index (χ0n) is 8.66. The molecule has 5 heteroatoms. The number of hydrogen-bond acceptors (Lipinski definition) is 1. The van der Waals surface area contributed by atoms with E-state index in [0.29, 0.717) is 24.6 Å². The van der Waals surface area contributed by atoms with Gasteiger partial charge in [-0.05, 0) is 24.8 Å². The normalized spacial score (nSPS) is 14.4. The van der Waals surface area contributed by atoms with Crippen LogP contribution in [0, 0.1) is 17.5 Å². The maximum absolute atomic E-state index is 13.6. The van der Waals surface area contributed by atoms with Crippen molar-refractivity contribution >= 4 is 22.5 Å². The van der Waals surface area contributed by atoms with Gasteiger partial charge in [0.25, 0.3) is 0 Å². The van der Waals surface area contributed by atoms with Crippen LogP contribution in [0.3, 0.4) is 0 Å². The van der Waals surface area contributed by atoms with Gasteiger partial charge in [-0.15, -0.1) is 0 Å². The van der Waals surface area contributed by atoms with E-state index >= 15 is 0 Å². The lowest BCUT2D eigenvalue weighted by Crippen LogP contribution is -1.99. The van der Waals surface area contributed by atoms with E-state index < -0.39 is 17.5 Å². The van der Waals surface area contributed by atoms with Crippen molar-refractivity contribution in [3.8, 4) is 0 Å². The lowest BCUT2D eigenvalue weighted by atomic mass is 10.1. The lowest BCUT2D eigenvalue weighted by molar-refractivity contribution is 0.504. The minimum Gasteiger partial charge on any atom is -0.249 e. The fraction of sp³-hybridized carbons (Fsp3) is 0.250. The van der Waals surface area contributed by atoms with Crippen LogP contribution in [0.1, 0.15) is 17.7 Å². The first-order valence-electron chi connectivity index (χ1n) is 5.24. The lowest BCUT2D eigenvalue weighted by Gasteiger charge is -2.08. The molecule has 0 aliphatic heterocycles. The van der Waals surface area contributed by atoms with Gasteiger partial charge in [0.1, 0.15) is 11.3 Å². The van der Waals surface area contributed by atoms with Crippen molar-refractivity contribution in [1.29, 1.82) is 0 Å². The maximum atomic E-state index is 13.6. The molecule has 3 rings (SSSR count). The first-order chi connectivity index (χ1) is 8.09. The Morgan fingerprint density at radius 1 is 1.12 bits per heavy atom. The zero-order valence-corrected chi connectivity index (χ0v) is 9.41. The third-order valence-electron chi connectivity index (χ3n) is 3.07. The van der Waals surface area contributed by atoms with Gasteiger partial charge in [-0.3, -0.25) is 0 Å². The number of pyridine rings is 1. The smallest absolute Gasteiger partial charge is 0.185 e. The van der Waals surface area contributed by atoms with E-state index in [-0.39, 0.29) is 15.9 Å². The van der Waals surface area contributed by atoms with E-state index in [0.717, 1.165) is 12.0 Å². The number of hydrogen-bond donors (Lipinski definition) is 0. The molecular weight excluding hydrogens is 251 g/mol. The summed E-state index contributed by atoms with van der Waals surface area (Å²) in [7, 11) is 0. The monoisotopic (exact) mass is 257 g/mol. The highest BCUT2D eigenvalue weighted by Gasteiger charge is 2.23. The van der Waals surface area contributed by atoms with Gasteiger partial charge in [-0.1, -0.05) is 11.6 Å². The van der Waals surface area contributed by atoms with E-state index in [4.69, 9.17) is 11.6 Å². The predicted molar refractivity (Wildman–Crippen MR) is 58.7 cm³/mol. The first-order valence-corrected chi connectivity index (χ1v) is 5.62. The summed E-state index contributed by atoms with van der Waals surface area (Å²) in [6.45, 7) is 0. The number of fused-ring (bicyclic) bond motifs is 2. The van der Waals surface area contributed by atoms with Crippen LogP contribution in [-0.4, -0.2) is 4.98 Å². The molecule has 0 saturated carbocycles. The van der Waals surface area contributed by atoms with Crippen LogP contribution in [0.5, 0.6) is 0 Å².